The maximum Gasteiger partial charge on any atom is 0.331 e. The molecule has 1 heterocycles. The van der Waals surface area contributed by atoms with Crippen molar-refractivity contribution >= 4 is 47.3 Å². The van der Waals surface area contributed by atoms with Gasteiger partial charge in [0.2, 0.25) is 41.4 Å². The van der Waals surface area contributed by atoms with E-state index in [1.54, 1.807) is 95.3 Å². The van der Waals surface area contributed by atoms with Crippen LogP contribution in [0.2, 0.25) is 0 Å². The van der Waals surface area contributed by atoms with Crippen molar-refractivity contribution < 1.29 is 53.3 Å². The number of cyclic esters (lactones) is 1. The molecular weight excluding hydrogens is 827 g/mol. The third-order valence-electron chi connectivity index (χ3n) is 10.8. The van der Waals surface area contributed by atoms with Crippen LogP contribution in [0.3, 0.4) is 0 Å². The number of esters is 1. The third kappa shape index (κ3) is 16.3. The molecule has 0 bridgehead atoms. The smallest absolute Gasteiger partial charge is 0.331 e. The Morgan fingerprint density at radius 3 is 1.66 bits per heavy atom. The van der Waals surface area contributed by atoms with E-state index >= 15 is 0 Å². The first-order valence-electron chi connectivity index (χ1n) is 21.9. The minimum absolute atomic E-state index is 0.0121. The highest BCUT2D eigenvalue weighted by molar-refractivity contribution is 5.98. The molecular formula is C46H67N7O11. The molecule has 3 rings (SSSR count). The molecule has 18 nitrogen and oxygen atoms in total. The zero-order chi connectivity index (χ0) is 47.7. The summed E-state index contributed by atoms with van der Waals surface area (Å²) in [5.74, 6) is -7.79. The van der Waals surface area contributed by atoms with Gasteiger partial charge in [0.1, 0.15) is 42.4 Å². The van der Waals surface area contributed by atoms with Crippen LogP contribution in [0.25, 0.3) is 0 Å². The molecule has 1 aliphatic heterocycles. The molecule has 352 valence electrons. The van der Waals surface area contributed by atoms with E-state index in [1.165, 1.54) is 13.8 Å². The molecule has 0 aliphatic carbocycles. The lowest BCUT2D eigenvalue weighted by molar-refractivity contribution is -0.157. The third-order valence-corrected chi connectivity index (χ3v) is 10.8. The van der Waals surface area contributed by atoms with Crippen LogP contribution >= 0.6 is 0 Å². The number of hydrogen-bond acceptors (Lipinski definition) is 11. The molecule has 3 unspecified atom stereocenters. The molecule has 0 saturated carbocycles. The lowest BCUT2D eigenvalue weighted by Gasteiger charge is -2.30. The van der Waals surface area contributed by atoms with E-state index in [1.807, 2.05) is 6.92 Å². The van der Waals surface area contributed by atoms with E-state index < -0.39 is 114 Å². The minimum atomic E-state index is -1.79. The molecule has 2 aromatic rings. The van der Waals surface area contributed by atoms with E-state index in [0.717, 1.165) is 0 Å². The summed E-state index contributed by atoms with van der Waals surface area (Å²) in [6, 6.07) is 7.26. The molecule has 0 spiro atoms. The van der Waals surface area contributed by atoms with Gasteiger partial charge in [0.25, 0.3) is 0 Å². The Morgan fingerprint density at radius 1 is 0.656 bits per heavy atom. The molecule has 1 fully saturated rings. The lowest BCUT2D eigenvalue weighted by atomic mass is 9.99. The summed E-state index contributed by atoms with van der Waals surface area (Å²) in [6.45, 7) is 12.2. The van der Waals surface area contributed by atoms with Crippen molar-refractivity contribution in [3.05, 3.63) is 71.8 Å². The molecule has 2 aromatic carbocycles. The molecule has 7 amide bonds. The predicted molar refractivity (Wildman–Crippen MR) is 236 cm³/mol. The summed E-state index contributed by atoms with van der Waals surface area (Å²) < 4.78 is 5.62. The van der Waals surface area contributed by atoms with Gasteiger partial charge in [0.15, 0.2) is 6.04 Å². The fourth-order valence-corrected chi connectivity index (χ4v) is 6.91. The standard InChI is InChI=1S/C46H67N7O11/c1-9-27(6)39(56)47-35(23-31-18-14-11-15-19-31)43(60)53-38-29(8)64-46(63)36(24-54)51-44(61)37(28(7)55)52-42(59)33(21-26(4)5)48-41(58)34(22-30-16-12-10-13-17-30)49-40(57)32(20-25(2)3)50-45(38)62/h10-19,25-29,32-38,54-55H,9,20-24H2,1-8H3,(H,47,56)(H,48,58)(H,49,57)(H,50,62)(H,51,61)(H,52,59)(H,53,60)/t27?,28?,29?,32-,33-,34-,35-,36+,37+,38+/m1/s1. The normalized spacial score (nSPS) is 24.5. The van der Waals surface area contributed by atoms with Crippen LogP contribution in [-0.4, -0.2) is 119 Å². The number of ether oxygens (including phenoxy) is 1. The van der Waals surface area contributed by atoms with Gasteiger partial charge in [0, 0.05) is 18.8 Å². The van der Waals surface area contributed by atoms with Gasteiger partial charge in [-0.05, 0) is 56.1 Å². The second-order valence-corrected chi connectivity index (χ2v) is 17.3. The average molecular weight is 894 g/mol. The highest BCUT2D eigenvalue weighted by Crippen LogP contribution is 2.14. The first kappa shape index (κ1) is 52.5. The number of rotatable bonds is 15. The number of aliphatic hydroxyl groups is 2. The monoisotopic (exact) mass is 893 g/mol. The number of benzene rings is 2. The Morgan fingerprint density at radius 2 is 1.14 bits per heavy atom. The second-order valence-electron chi connectivity index (χ2n) is 17.3. The molecule has 1 saturated heterocycles. The summed E-state index contributed by atoms with van der Waals surface area (Å²) in [6.07, 6.45) is -2.51. The van der Waals surface area contributed by atoms with Crippen LogP contribution in [0.5, 0.6) is 0 Å². The quantitative estimate of drug-likeness (QED) is 0.110. The Hall–Kier alpha value is -5.88. The van der Waals surface area contributed by atoms with Crippen LogP contribution < -0.4 is 37.2 Å². The molecule has 9 N–H and O–H groups in total. The van der Waals surface area contributed by atoms with Gasteiger partial charge < -0.3 is 52.2 Å². The zero-order valence-electron chi connectivity index (χ0n) is 38.0. The topological polar surface area (TPSA) is 270 Å². The van der Waals surface area contributed by atoms with Gasteiger partial charge in [-0.25, -0.2) is 4.79 Å². The zero-order valence-corrected chi connectivity index (χ0v) is 38.0. The lowest BCUT2D eigenvalue weighted by Crippen LogP contribution is -2.62. The Kier molecular flexibility index (Phi) is 20.8. The average Bonchev–Trinajstić information content (AvgIpc) is 3.24. The van der Waals surface area contributed by atoms with Crippen molar-refractivity contribution in [1.29, 1.82) is 0 Å². The van der Waals surface area contributed by atoms with Crippen molar-refractivity contribution in [2.24, 2.45) is 17.8 Å². The fraction of sp³-hybridized carbons (Fsp3) is 0.565. The van der Waals surface area contributed by atoms with Gasteiger partial charge in [-0.15, -0.1) is 0 Å². The van der Waals surface area contributed by atoms with Crippen LogP contribution in [0.15, 0.2) is 60.7 Å². The van der Waals surface area contributed by atoms with Gasteiger partial charge in [-0.1, -0.05) is 102 Å². The maximum atomic E-state index is 14.5. The van der Waals surface area contributed by atoms with Crippen molar-refractivity contribution in [3.63, 3.8) is 0 Å². The Balaban J connectivity index is 2.17. The maximum absolute atomic E-state index is 14.5. The first-order valence-corrected chi connectivity index (χ1v) is 21.9. The molecule has 10 atom stereocenters. The number of nitrogens with one attached hydrogen (secondary N) is 7. The van der Waals surface area contributed by atoms with E-state index in [-0.39, 0.29) is 37.5 Å². The Labute approximate surface area is 375 Å². The SMILES string of the molecule is CCC(C)C(=O)N[C@H](Cc1ccccc1)C(=O)N[C@@H]1C(=O)N[C@H](CC(C)C)C(=O)N[C@H](Cc2ccccc2)C(=O)N[C@H](CC(C)C)C(=O)N[C@@H](C(C)O)C(=O)N[C@@H](CO)C(=O)OC1C. The molecule has 1 aliphatic rings. The van der Waals surface area contributed by atoms with Crippen molar-refractivity contribution in [3.8, 4) is 0 Å². The summed E-state index contributed by atoms with van der Waals surface area (Å²) in [4.78, 5) is 111. The number of aliphatic hydroxyl groups excluding tert-OH is 2. The molecule has 64 heavy (non-hydrogen) atoms. The molecule has 18 heteroatoms. The van der Waals surface area contributed by atoms with E-state index in [9.17, 15) is 48.6 Å². The van der Waals surface area contributed by atoms with Crippen LogP contribution in [0.1, 0.15) is 85.8 Å². The highest BCUT2D eigenvalue weighted by atomic mass is 16.5. The van der Waals surface area contributed by atoms with Crippen molar-refractivity contribution in [2.75, 3.05) is 6.61 Å². The van der Waals surface area contributed by atoms with E-state index in [2.05, 4.69) is 37.2 Å². The van der Waals surface area contributed by atoms with E-state index in [4.69, 9.17) is 4.74 Å². The summed E-state index contributed by atoms with van der Waals surface area (Å²) >= 11 is 0. The fourth-order valence-electron chi connectivity index (χ4n) is 6.91. The first-order chi connectivity index (χ1) is 30.2. The number of amides is 7. The van der Waals surface area contributed by atoms with Gasteiger partial charge >= 0.3 is 5.97 Å². The summed E-state index contributed by atoms with van der Waals surface area (Å²) in [5.41, 5.74) is 1.34. The highest BCUT2D eigenvalue weighted by Gasteiger charge is 2.39. The number of hydrogen-bond donors (Lipinski definition) is 9. The largest absolute Gasteiger partial charge is 0.458 e. The molecule has 0 aromatic heterocycles. The predicted octanol–water partition coefficient (Wildman–Crippen LogP) is 0.322. The number of carbonyl (C=O) groups excluding carboxylic acids is 8. The summed E-state index contributed by atoms with van der Waals surface area (Å²) in [7, 11) is 0. The molecule has 0 radical (unpaired) electrons. The summed E-state index contributed by atoms with van der Waals surface area (Å²) in [5, 5.41) is 39.1. The van der Waals surface area contributed by atoms with Crippen molar-refractivity contribution in [1.82, 2.24) is 37.2 Å². The van der Waals surface area contributed by atoms with E-state index in [0.29, 0.717) is 17.5 Å². The van der Waals surface area contributed by atoms with Gasteiger partial charge in [0.05, 0.1) is 12.7 Å². The van der Waals surface area contributed by atoms with Crippen molar-refractivity contribution in [2.45, 2.75) is 142 Å². The van der Waals surface area contributed by atoms with Gasteiger partial charge in [-0.3, -0.25) is 33.6 Å². The Bertz CT molecular complexity index is 1900. The van der Waals surface area contributed by atoms with Gasteiger partial charge in [-0.2, -0.15) is 0 Å². The minimum Gasteiger partial charge on any atom is -0.458 e. The van der Waals surface area contributed by atoms with Crippen LogP contribution in [0.4, 0.5) is 0 Å². The number of carbonyl (C=O) groups is 8. The second kappa shape index (κ2) is 25.4. The van der Waals surface area contributed by atoms with Crippen LogP contribution in [-0.2, 0) is 55.9 Å². The van der Waals surface area contributed by atoms with Crippen LogP contribution in [0, 0.1) is 17.8 Å².